The first kappa shape index (κ1) is 20.6. The van der Waals surface area contributed by atoms with Crippen LogP contribution in [0.4, 0.5) is 18.9 Å². The van der Waals surface area contributed by atoms with Crippen molar-refractivity contribution in [2.45, 2.75) is 19.3 Å². The van der Waals surface area contributed by atoms with Crippen molar-refractivity contribution in [1.82, 2.24) is 4.90 Å². The number of carbonyl (C=O) groups excluding carboxylic acids is 4. The van der Waals surface area contributed by atoms with Crippen LogP contribution < -0.4 is 5.32 Å². The Morgan fingerprint density at radius 2 is 1.66 bits per heavy atom. The number of anilines is 1. The average Bonchev–Trinajstić information content (AvgIpc) is 2.96. The smallest absolute Gasteiger partial charge is 0.308 e. The maximum absolute atomic E-state index is 13.5. The number of benzene rings is 1. The summed E-state index contributed by atoms with van der Waals surface area (Å²) in [5.74, 6) is -8.00. The number of imide groups is 1. The molecule has 1 fully saturated rings. The molecule has 1 aromatic carbocycles. The topological polar surface area (TPSA) is 92.8 Å². The highest BCUT2D eigenvalue weighted by Gasteiger charge is 2.46. The standard InChI is InChI=1S/C19H17F3N2O5/c20-12-5-6-13(17(22)16(12)21)23-14(25)9-29-15(26)7-8-24-18(27)10-3-1-2-4-11(10)19(24)28/h1-2,5-6,10-11H,3-4,7-9H2,(H,23,25)/t10-,11+. The summed E-state index contributed by atoms with van der Waals surface area (Å²) in [5, 5.41) is 1.96. The molecular weight excluding hydrogens is 393 g/mol. The molecule has 10 heteroatoms. The van der Waals surface area contributed by atoms with Crippen LogP contribution in [-0.4, -0.2) is 41.7 Å². The largest absolute Gasteiger partial charge is 0.456 e. The maximum Gasteiger partial charge on any atom is 0.308 e. The summed E-state index contributed by atoms with van der Waals surface area (Å²) < 4.78 is 44.2. The van der Waals surface area contributed by atoms with Gasteiger partial charge in [-0.3, -0.25) is 24.1 Å². The van der Waals surface area contributed by atoms with Crippen molar-refractivity contribution in [2.24, 2.45) is 11.8 Å². The van der Waals surface area contributed by atoms with E-state index in [1.807, 2.05) is 17.5 Å². The van der Waals surface area contributed by atoms with E-state index in [9.17, 15) is 32.3 Å². The van der Waals surface area contributed by atoms with Crippen molar-refractivity contribution in [3.8, 4) is 0 Å². The van der Waals surface area contributed by atoms with Gasteiger partial charge < -0.3 is 10.1 Å². The SMILES string of the molecule is O=C(COC(=O)CCN1C(=O)[C@H]2CC=CC[C@H]2C1=O)Nc1ccc(F)c(F)c1F. The van der Waals surface area contributed by atoms with Crippen LogP contribution in [0.1, 0.15) is 19.3 Å². The Hall–Kier alpha value is -3.17. The van der Waals surface area contributed by atoms with Gasteiger partial charge in [-0.05, 0) is 25.0 Å². The molecule has 154 valence electrons. The molecule has 0 spiro atoms. The van der Waals surface area contributed by atoms with Gasteiger partial charge in [0, 0.05) is 6.54 Å². The molecule has 0 aromatic heterocycles. The molecule has 2 atom stereocenters. The number of hydrogen-bond acceptors (Lipinski definition) is 5. The van der Waals surface area contributed by atoms with E-state index in [-0.39, 0.29) is 24.8 Å². The van der Waals surface area contributed by atoms with E-state index in [2.05, 4.69) is 0 Å². The zero-order valence-corrected chi connectivity index (χ0v) is 15.1. The molecule has 29 heavy (non-hydrogen) atoms. The van der Waals surface area contributed by atoms with Gasteiger partial charge in [-0.2, -0.15) is 0 Å². The summed E-state index contributed by atoms with van der Waals surface area (Å²) in [6, 6.07) is 1.46. The third-order valence-electron chi connectivity index (χ3n) is 4.81. The molecule has 0 unspecified atom stereocenters. The number of rotatable bonds is 6. The molecule has 1 aliphatic carbocycles. The first-order valence-corrected chi connectivity index (χ1v) is 8.88. The van der Waals surface area contributed by atoms with Crippen LogP contribution >= 0.6 is 0 Å². The molecule has 1 N–H and O–H groups in total. The minimum Gasteiger partial charge on any atom is -0.456 e. The molecule has 3 rings (SSSR count). The number of esters is 1. The molecule has 2 aliphatic rings. The third-order valence-corrected chi connectivity index (χ3v) is 4.81. The number of amides is 3. The molecule has 1 aromatic rings. The van der Waals surface area contributed by atoms with Gasteiger partial charge in [0.05, 0.1) is 23.9 Å². The Morgan fingerprint density at radius 1 is 1.03 bits per heavy atom. The lowest BCUT2D eigenvalue weighted by Gasteiger charge is -2.14. The Kier molecular flexibility index (Phi) is 6.00. The molecule has 1 aliphatic heterocycles. The van der Waals surface area contributed by atoms with Crippen LogP contribution in [0.25, 0.3) is 0 Å². The van der Waals surface area contributed by atoms with Gasteiger partial charge in [-0.1, -0.05) is 12.2 Å². The normalized spacial score (nSPS) is 20.6. The second kappa shape index (κ2) is 8.46. The van der Waals surface area contributed by atoms with E-state index in [0.29, 0.717) is 18.9 Å². The minimum absolute atomic E-state index is 0.164. The summed E-state index contributed by atoms with van der Waals surface area (Å²) in [7, 11) is 0. The minimum atomic E-state index is -1.74. The maximum atomic E-state index is 13.5. The summed E-state index contributed by atoms with van der Waals surface area (Å²) in [5.41, 5.74) is -0.602. The second-order valence-electron chi connectivity index (χ2n) is 6.67. The number of fused-ring (bicyclic) bond motifs is 1. The van der Waals surface area contributed by atoms with Crippen LogP contribution in [0.5, 0.6) is 0 Å². The fourth-order valence-electron chi connectivity index (χ4n) is 3.32. The highest BCUT2D eigenvalue weighted by molar-refractivity contribution is 6.05. The number of nitrogens with one attached hydrogen (secondary N) is 1. The number of allylic oxidation sites excluding steroid dienone is 2. The monoisotopic (exact) mass is 410 g/mol. The van der Waals surface area contributed by atoms with Crippen molar-refractivity contribution in [3.63, 3.8) is 0 Å². The van der Waals surface area contributed by atoms with Crippen molar-refractivity contribution >= 4 is 29.4 Å². The van der Waals surface area contributed by atoms with Crippen LogP contribution in [0, 0.1) is 29.3 Å². The van der Waals surface area contributed by atoms with Crippen LogP contribution in [-0.2, 0) is 23.9 Å². The number of carbonyl (C=O) groups is 4. The first-order valence-electron chi connectivity index (χ1n) is 8.88. The number of hydrogen-bond donors (Lipinski definition) is 1. The first-order chi connectivity index (χ1) is 13.8. The van der Waals surface area contributed by atoms with Crippen molar-refractivity contribution in [1.29, 1.82) is 0 Å². The van der Waals surface area contributed by atoms with E-state index >= 15 is 0 Å². The number of ether oxygens (including phenoxy) is 1. The molecule has 0 saturated carbocycles. The Bertz CT molecular complexity index is 876. The van der Waals surface area contributed by atoms with Gasteiger partial charge in [-0.15, -0.1) is 0 Å². The van der Waals surface area contributed by atoms with Crippen molar-refractivity contribution in [3.05, 3.63) is 41.7 Å². The van der Waals surface area contributed by atoms with Crippen LogP contribution in [0.3, 0.4) is 0 Å². The Labute approximate surface area is 163 Å². The molecule has 3 amide bonds. The summed E-state index contributed by atoms with van der Waals surface area (Å²) >= 11 is 0. The van der Waals surface area contributed by atoms with Crippen molar-refractivity contribution < 1.29 is 37.1 Å². The summed E-state index contributed by atoms with van der Waals surface area (Å²) in [4.78, 5) is 49.1. The van der Waals surface area contributed by atoms with Gasteiger partial charge in [0.25, 0.3) is 5.91 Å². The number of nitrogens with zero attached hydrogens (tertiary/aromatic N) is 1. The predicted octanol–water partition coefficient (Wildman–Crippen LogP) is 1.93. The number of halogens is 3. The third kappa shape index (κ3) is 4.30. The van der Waals surface area contributed by atoms with E-state index in [0.717, 1.165) is 11.0 Å². The van der Waals surface area contributed by atoms with Crippen molar-refractivity contribution in [2.75, 3.05) is 18.5 Å². The fraction of sp³-hybridized carbons (Fsp3) is 0.368. The average molecular weight is 410 g/mol. The van der Waals surface area contributed by atoms with E-state index in [1.54, 1.807) is 0 Å². The van der Waals surface area contributed by atoms with E-state index < -0.39 is 53.5 Å². The van der Waals surface area contributed by atoms with Gasteiger partial charge in [-0.25, -0.2) is 13.2 Å². The molecule has 7 nitrogen and oxygen atoms in total. The number of likely N-dealkylation sites (tertiary alicyclic amines) is 1. The fourth-order valence-corrected chi connectivity index (χ4v) is 3.32. The zero-order chi connectivity index (χ0) is 21.1. The summed E-state index contributed by atoms with van der Waals surface area (Å²) in [6.45, 7) is -0.961. The molecule has 1 saturated heterocycles. The van der Waals surface area contributed by atoms with Gasteiger partial charge in [0.15, 0.2) is 24.1 Å². The molecular formula is C19H17F3N2O5. The van der Waals surface area contributed by atoms with Crippen LogP contribution in [0.2, 0.25) is 0 Å². The summed E-state index contributed by atoms with van der Waals surface area (Å²) in [6.07, 6.45) is 4.35. The highest BCUT2D eigenvalue weighted by Crippen LogP contribution is 2.35. The predicted molar refractivity (Wildman–Crippen MR) is 92.6 cm³/mol. The van der Waals surface area contributed by atoms with E-state index in [4.69, 9.17) is 4.74 Å². The van der Waals surface area contributed by atoms with Crippen LogP contribution in [0.15, 0.2) is 24.3 Å². The Balaban J connectivity index is 1.46. The van der Waals surface area contributed by atoms with Gasteiger partial charge >= 0.3 is 5.97 Å². The quantitative estimate of drug-likeness (QED) is 0.335. The Morgan fingerprint density at radius 3 is 2.28 bits per heavy atom. The lowest BCUT2D eigenvalue weighted by Crippen LogP contribution is -2.33. The zero-order valence-electron chi connectivity index (χ0n) is 15.1. The molecule has 0 radical (unpaired) electrons. The molecule has 1 heterocycles. The van der Waals surface area contributed by atoms with Gasteiger partial charge in [0.2, 0.25) is 11.8 Å². The lowest BCUT2D eigenvalue weighted by molar-refractivity contribution is -0.148. The molecule has 0 bridgehead atoms. The highest BCUT2D eigenvalue weighted by atomic mass is 19.2. The van der Waals surface area contributed by atoms with E-state index in [1.165, 1.54) is 0 Å². The second-order valence-corrected chi connectivity index (χ2v) is 6.67. The van der Waals surface area contributed by atoms with Gasteiger partial charge in [0.1, 0.15) is 0 Å². The lowest BCUT2D eigenvalue weighted by atomic mass is 9.85.